The molecule has 1 fully saturated rings. The lowest BCUT2D eigenvalue weighted by molar-refractivity contribution is 0.0857. The van der Waals surface area contributed by atoms with Crippen molar-refractivity contribution < 1.29 is 14.3 Å². The van der Waals surface area contributed by atoms with Crippen LogP contribution in [-0.2, 0) is 4.74 Å². The molecule has 1 aliphatic rings. The van der Waals surface area contributed by atoms with Crippen LogP contribution in [-0.4, -0.2) is 31.1 Å². The SMILES string of the molecule is CC(NC(=O)c1ccc(C(=O)NCC2CCCO2)cc1)c1ccccc1. The molecule has 5 heteroatoms. The van der Waals surface area contributed by atoms with Gasteiger partial charge in [0.15, 0.2) is 0 Å². The van der Waals surface area contributed by atoms with E-state index in [0.717, 1.165) is 25.0 Å². The topological polar surface area (TPSA) is 67.4 Å². The number of benzene rings is 2. The largest absolute Gasteiger partial charge is 0.376 e. The van der Waals surface area contributed by atoms with Crippen molar-refractivity contribution in [2.45, 2.75) is 31.9 Å². The molecule has 0 aromatic heterocycles. The Morgan fingerprint density at radius 1 is 1.04 bits per heavy atom. The van der Waals surface area contributed by atoms with Gasteiger partial charge in [0.05, 0.1) is 12.1 Å². The maximum absolute atomic E-state index is 12.4. The van der Waals surface area contributed by atoms with Crippen molar-refractivity contribution in [1.29, 1.82) is 0 Å². The standard InChI is InChI=1S/C21H24N2O3/c1-15(16-6-3-2-4-7-16)23-21(25)18-11-9-17(10-12-18)20(24)22-14-19-8-5-13-26-19/h2-4,6-7,9-12,15,19H,5,8,13-14H2,1H3,(H,22,24)(H,23,25). The first-order valence-corrected chi connectivity index (χ1v) is 8.99. The molecule has 1 heterocycles. The molecule has 0 bridgehead atoms. The smallest absolute Gasteiger partial charge is 0.251 e. The quantitative estimate of drug-likeness (QED) is 0.839. The van der Waals surface area contributed by atoms with Crippen molar-refractivity contribution in [3.8, 4) is 0 Å². The van der Waals surface area contributed by atoms with Gasteiger partial charge in [0, 0.05) is 24.3 Å². The highest BCUT2D eigenvalue weighted by molar-refractivity contribution is 5.97. The molecular weight excluding hydrogens is 328 g/mol. The molecule has 2 amide bonds. The summed E-state index contributed by atoms with van der Waals surface area (Å²) < 4.78 is 5.50. The lowest BCUT2D eigenvalue weighted by Gasteiger charge is -2.14. The highest BCUT2D eigenvalue weighted by Crippen LogP contribution is 2.13. The van der Waals surface area contributed by atoms with Crippen molar-refractivity contribution in [2.24, 2.45) is 0 Å². The first kappa shape index (κ1) is 18.1. The van der Waals surface area contributed by atoms with Gasteiger partial charge in [-0.3, -0.25) is 9.59 Å². The highest BCUT2D eigenvalue weighted by atomic mass is 16.5. The molecule has 2 atom stereocenters. The third-order valence-electron chi connectivity index (χ3n) is 4.57. The number of amides is 2. The van der Waals surface area contributed by atoms with Crippen molar-refractivity contribution in [3.05, 3.63) is 71.3 Å². The number of hydrogen-bond donors (Lipinski definition) is 2. The fourth-order valence-corrected chi connectivity index (χ4v) is 2.99. The van der Waals surface area contributed by atoms with E-state index in [0.29, 0.717) is 17.7 Å². The van der Waals surface area contributed by atoms with Gasteiger partial charge in [0.25, 0.3) is 11.8 Å². The minimum absolute atomic E-state index is 0.0851. The van der Waals surface area contributed by atoms with E-state index in [1.54, 1.807) is 24.3 Å². The Labute approximate surface area is 153 Å². The summed E-state index contributed by atoms with van der Waals surface area (Å²) in [5.74, 6) is -0.308. The average Bonchev–Trinajstić information content (AvgIpc) is 3.20. The monoisotopic (exact) mass is 352 g/mol. The van der Waals surface area contributed by atoms with Gasteiger partial charge in [-0.2, -0.15) is 0 Å². The van der Waals surface area contributed by atoms with E-state index in [9.17, 15) is 9.59 Å². The maximum atomic E-state index is 12.4. The summed E-state index contributed by atoms with van der Waals surface area (Å²) in [6.45, 7) is 3.24. The second kappa shape index (κ2) is 8.63. The Balaban J connectivity index is 1.54. The van der Waals surface area contributed by atoms with Gasteiger partial charge in [0.2, 0.25) is 0 Å². The molecule has 0 radical (unpaired) electrons. The van der Waals surface area contributed by atoms with Crippen LogP contribution in [0.2, 0.25) is 0 Å². The van der Waals surface area contributed by atoms with Gasteiger partial charge in [-0.05, 0) is 49.6 Å². The normalized spacial score (nSPS) is 17.5. The van der Waals surface area contributed by atoms with Gasteiger partial charge < -0.3 is 15.4 Å². The molecule has 1 aliphatic heterocycles. The van der Waals surface area contributed by atoms with E-state index in [4.69, 9.17) is 4.74 Å². The molecule has 2 N–H and O–H groups in total. The van der Waals surface area contributed by atoms with E-state index in [-0.39, 0.29) is 24.0 Å². The van der Waals surface area contributed by atoms with Crippen molar-refractivity contribution in [3.63, 3.8) is 0 Å². The summed E-state index contributed by atoms with van der Waals surface area (Å²) in [5.41, 5.74) is 2.12. The van der Waals surface area contributed by atoms with E-state index >= 15 is 0 Å². The molecule has 26 heavy (non-hydrogen) atoms. The third-order valence-corrected chi connectivity index (χ3v) is 4.57. The van der Waals surface area contributed by atoms with Gasteiger partial charge >= 0.3 is 0 Å². The Bertz CT molecular complexity index is 738. The Hall–Kier alpha value is -2.66. The number of carbonyl (C=O) groups is 2. The highest BCUT2D eigenvalue weighted by Gasteiger charge is 2.17. The number of hydrogen-bond acceptors (Lipinski definition) is 3. The lowest BCUT2D eigenvalue weighted by atomic mass is 10.1. The third kappa shape index (κ3) is 4.70. The summed E-state index contributed by atoms with van der Waals surface area (Å²) in [5, 5.41) is 5.85. The van der Waals surface area contributed by atoms with E-state index < -0.39 is 0 Å². The summed E-state index contributed by atoms with van der Waals surface area (Å²) in [6.07, 6.45) is 2.15. The summed E-state index contributed by atoms with van der Waals surface area (Å²) in [4.78, 5) is 24.6. The number of carbonyl (C=O) groups excluding carboxylic acids is 2. The molecule has 0 aliphatic carbocycles. The Kier molecular flexibility index (Phi) is 6.02. The molecule has 136 valence electrons. The van der Waals surface area contributed by atoms with Gasteiger partial charge in [-0.1, -0.05) is 30.3 Å². The molecule has 1 saturated heterocycles. The van der Waals surface area contributed by atoms with Gasteiger partial charge in [-0.15, -0.1) is 0 Å². The van der Waals surface area contributed by atoms with Crippen LogP contribution in [0.25, 0.3) is 0 Å². The minimum atomic E-state index is -0.160. The molecule has 2 unspecified atom stereocenters. The molecule has 2 aromatic rings. The van der Waals surface area contributed by atoms with Crippen LogP contribution < -0.4 is 10.6 Å². The van der Waals surface area contributed by atoms with Crippen LogP contribution in [0.1, 0.15) is 52.1 Å². The van der Waals surface area contributed by atoms with Gasteiger partial charge in [0.1, 0.15) is 0 Å². The first-order valence-electron chi connectivity index (χ1n) is 8.99. The average molecular weight is 352 g/mol. The van der Waals surface area contributed by atoms with Crippen LogP contribution in [0, 0.1) is 0 Å². The van der Waals surface area contributed by atoms with Crippen molar-refractivity contribution in [2.75, 3.05) is 13.2 Å². The minimum Gasteiger partial charge on any atom is -0.376 e. The molecular formula is C21H24N2O3. The van der Waals surface area contributed by atoms with E-state index in [1.807, 2.05) is 37.3 Å². The zero-order valence-corrected chi connectivity index (χ0v) is 14.9. The van der Waals surface area contributed by atoms with Crippen LogP contribution in [0.4, 0.5) is 0 Å². The zero-order valence-electron chi connectivity index (χ0n) is 14.9. The maximum Gasteiger partial charge on any atom is 0.251 e. The van der Waals surface area contributed by atoms with Crippen LogP contribution in [0.5, 0.6) is 0 Å². The van der Waals surface area contributed by atoms with Crippen LogP contribution in [0.3, 0.4) is 0 Å². The van der Waals surface area contributed by atoms with E-state index in [2.05, 4.69) is 10.6 Å². The summed E-state index contributed by atoms with van der Waals surface area (Å²) in [6, 6.07) is 16.4. The van der Waals surface area contributed by atoms with Crippen LogP contribution >= 0.6 is 0 Å². The van der Waals surface area contributed by atoms with Gasteiger partial charge in [-0.25, -0.2) is 0 Å². The van der Waals surface area contributed by atoms with Crippen molar-refractivity contribution in [1.82, 2.24) is 10.6 Å². The predicted octanol–water partition coefficient (Wildman–Crippen LogP) is 3.09. The zero-order chi connectivity index (χ0) is 18.4. The fourth-order valence-electron chi connectivity index (χ4n) is 2.99. The first-order chi connectivity index (χ1) is 12.6. The molecule has 5 nitrogen and oxygen atoms in total. The number of rotatable bonds is 6. The Morgan fingerprint density at radius 3 is 2.31 bits per heavy atom. The van der Waals surface area contributed by atoms with Crippen LogP contribution in [0.15, 0.2) is 54.6 Å². The van der Waals surface area contributed by atoms with Crippen molar-refractivity contribution >= 4 is 11.8 Å². The second-order valence-electron chi connectivity index (χ2n) is 6.53. The fraction of sp³-hybridized carbons (Fsp3) is 0.333. The Morgan fingerprint density at radius 2 is 1.69 bits per heavy atom. The molecule has 0 saturated carbocycles. The number of nitrogens with one attached hydrogen (secondary N) is 2. The van der Waals surface area contributed by atoms with E-state index in [1.165, 1.54) is 0 Å². The number of ether oxygens (including phenoxy) is 1. The molecule has 2 aromatic carbocycles. The lowest BCUT2D eigenvalue weighted by Crippen LogP contribution is -2.31. The predicted molar refractivity (Wildman–Crippen MR) is 100 cm³/mol. The second-order valence-corrected chi connectivity index (χ2v) is 6.53. The summed E-state index contributed by atoms with van der Waals surface area (Å²) >= 11 is 0. The summed E-state index contributed by atoms with van der Waals surface area (Å²) in [7, 11) is 0. The molecule has 3 rings (SSSR count). The molecule has 0 spiro atoms.